The van der Waals surface area contributed by atoms with Gasteiger partial charge in [0.05, 0.1) is 24.1 Å². The largest absolute Gasteiger partial charge is 0.355 e. The molecule has 25 heavy (non-hydrogen) atoms. The molecule has 0 atom stereocenters. The Morgan fingerprint density at radius 2 is 2.04 bits per heavy atom. The lowest BCUT2D eigenvalue weighted by molar-refractivity contribution is 0.618. The first kappa shape index (κ1) is 17.3. The normalized spacial score (nSPS) is 11.0. The number of benzene rings is 1. The standard InChI is InChI=1S/C16H13BrF2N6/c1-9(10-3-11(17)5-12(18)4-10)22-15-14(19)7-20-16(24-15)23-13-6-21-25(2)8-13/h3-8H,1H2,2H3,(H2,20,22,23,24). The van der Waals surface area contributed by atoms with Gasteiger partial charge in [0, 0.05) is 17.7 Å². The van der Waals surface area contributed by atoms with Crippen molar-refractivity contribution in [3.05, 3.63) is 71.4 Å². The van der Waals surface area contributed by atoms with E-state index in [0.717, 1.165) is 6.20 Å². The summed E-state index contributed by atoms with van der Waals surface area (Å²) in [5.74, 6) is -0.986. The summed E-state index contributed by atoms with van der Waals surface area (Å²) in [6, 6.07) is 4.56. The maximum Gasteiger partial charge on any atom is 0.229 e. The van der Waals surface area contributed by atoms with Gasteiger partial charge < -0.3 is 10.6 Å². The van der Waals surface area contributed by atoms with Gasteiger partial charge >= 0.3 is 0 Å². The van der Waals surface area contributed by atoms with Gasteiger partial charge in [0.2, 0.25) is 5.95 Å². The minimum absolute atomic E-state index is 0.0771. The summed E-state index contributed by atoms with van der Waals surface area (Å²) >= 11 is 3.21. The highest BCUT2D eigenvalue weighted by Gasteiger charge is 2.14. The van der Waals surface area contributed by atoms with E-state index in [1.165, 1.54) is 12.1 Å². The summed E-state index contributed by atoms with van der Waals surface area (Å²) in [6.45, 7) is 3.80. The molecule has 0 fully saturated rings. The van der Waals surface area contributed by atoms with Crippen LogP contribution in [0, 0.1) is 24.6 Å². The van der Waals surface area contributed by atoms with Crippen molar-refractivity contribution in [1.82, 2.24) is 19.7 Å². The van der Waals surface area contributed by atoms with Crippen molar-refractivity contribution in [1.29, 1.82) is 0 Å². The van der Waals surface area contributed by atoms with Crippen molar-refractivity contribution in [3.8, 4) is 0 Å². The minimum Gasteiger partial charge on any atom is -0.355 e. The van der Waals surface area contributed by atoms with E-state index in [9.17, 15) is 8.78 Å². The van der Waals surface area contributed by atoms with E-state index < -0.39 is 11.6 Å². The zero-order valence-electron chi connectivity index (χ0n) is 13.1. The van der Waals surface area contributed by atoms with Crippen LogP contribution in [0.25, 0.3) is 0 Å². The van der Waals surface area contributed by atoms with Crippen LogP contribution >= 0.6 is 15.9 Å². The topological polar surface area (TPSA) is 67.7 Å². The molecule has 0 amide bonds. The Kier molecular flexibility index (Phi) is 4.93. The zero-order valence-corrected chi connectivity index (χ0v) is 14.7. The monoisotopic (exact) mass is 406 g/mol. The van der Waals surface area contributed by atoms with Gasteiger partial charge in [0.1, 0.15) is 5.82 Å². The van der Waals surface area contributed by atoms with Crippen LogP contribution in [0.2, 0.25) is 0 Å². The second-order valence-corrected chi connectivity index (χ2v) is 6.10. The first-order valence-corrected chi connectivity index (χ1v) is 7.90. The summed E-state index contributed by atoms with van der Waals surface area (Å²) in [6.07, 6.45) is 4.34. The van der Waals surface area contributed by atoms with Crippen LogP contribution < -0.4 is 10.6 Å². The summed E-state index contributed by atoms with van der Waals surface area (Å²) in [5, 5.41) is 9.67. The van der Waals surface area contributed by atoms with Crippen LogP contribution in [0.1, 0.15) is 5.56 Å². The number of hydrogen-bond acceptors (Lipinski definition) is 5. The molecular formula is C16H13BrF2N6. The average molecular weight is 407 g/mol. The highest BCUT2D eigenvalue weighted by Crippen LogP contribution is 2.24. The fourth-order valence-corrected chi connectivity index (χ4v) is 2.54. The maximum atomic E-state index is 14.0. The maximum absolute atomic E-state index is 14.0. The van der Waals surface area contributed by atoms with E-state index >= 15 is 0 Å². The first-order valence-electron chi connectivity index (χ1n) is 7.11. The number of nitrogens with one attached hydrogen (secondary N) is 2. The van der Waals surface area contributed by atoms with Crippen molar-refractivity contribution in [3.63, 3.8) is 0 Å². The fourth-order valence-electron chi connectivity index (χ4n) is 2.07. The summed E-state index contributed by atoms with van der Waals surface area (Å²) in [5.41, 5.74) is 1.12. The number of rotatable bonds is 5. The lowest BCUT2D eigenvalue weighted by atomic mass is 10.1. The molecule has 2 aromatic heterocycles. The third kappa shape index (κ3) is 4.30. The van der Waals surface area contributed by atoms with Gasteiger partial charge in [-0.2, -0.15) is 10.1 Å². The van der Waals surface area contributed by atoms with Gasteiger partial charge in [-0.3, -0.25) is 4.68 Å². The van der Waals surface area contributed by atoms with E-state index in [1.807, 2.05) is 0 Å². The minimum atomic E-state index is -0.659. The molecule has 3 rings (SSSR count). The van der Waals surface area contributed by atoms with Gasteiger partial charge in [0.25, 0.3) is 0 Å². The van der Waals surface area contributed by atoms with Crippen LogP contribution in [-0.2, 0) is 7.05 Å². The van der Waals surface area contributed by atoms with Gasteiger partial charge in [-0.05, 0) is 30.7 Å². The molecule has 0 unspecified atom stereocenters. The summed E-state index contributed by atoms with van der Waals surface area (Å²) in [7, 11) is 1.77. The van der Waals surface area contributed by atoms with E-state index in [-0.39, 0.29) is 11.8 Å². The molecule has 0 aliphatic heterocycles. The lowest BCUT2D eigenvalue weighted by Gasteiger charge is -2.15. The smallest absolute Gasteiger partial charge is 0.229 e. The molecule has 0 spiro atoms. The number of anilines is 3. The number of halogens is 3. The van der Waals surface area contributed by atoms with E-state index in [2.05, 4.69) is 48.6 Å². The van der Waals surface area contributed by atoms with Crippen molar-refractivity contribution >= 4 is 33.4 Å². The zero-order chi connectivity index (χ0) is 18.0. The fraction of sp³-hybridized carbons (Fsp3) is 0.0625. The molecule has 2 heterocycles. The molecule has 3 aromatic rings. The number of nitrogens with zero attached hydrogens (tertiary/aromatic N) is 4. The molecule has 0 saturated heterocycles. The number of hydrogen-bond donors (Lipinski definition) is 2. The Hall–Kier alpha value is -2.55. The number of aryl methyl sites for hydroxylation is 1. The molecule has 0 aliphatic rings. The SMILES string of the molecule is [CH2][C](Nc1nc(Nc2cnn(C)c2)ncc1F)c1cc(F)cc(Br)c1. The van der Waals surface area contributed by atoms with Gasteiger partial charge in [-0.1, -0.05) is 15.9 Å². The van der Waals surface area contributed by atoms with Crippen molar-refractivity contribution < 1.29 is 8.78 Å². The quantitative estimate of drug-likeness (QED) is 0.673. The highest BCUT2D eigenvalue weighted by atomic mass is 79.9. The first-order chi connectivity index (χ1) is 11.9. The Labute approximate surface area is 151 Å². The molecule has 128 valence electrons. The molecule has 0 aliphatic carbocycles. The van der Waals surface area contributed by atoms with Crippen molar-refractivity contribution in [2.75, 3.05) is 10.6 Å². The third-order valence-corrected chi connectivity index (χ3v) is 3.64. The van der Waals surface area contributed by atoms with Gasteiger partial charge in [-0.15, -0.1) is 0 Å². The Morgan fingerprint density at radius 3 is 2.72 bits per heavy atom. The molecule has 1 aromatic carbocycles. The van der Waals surface area contributed by atoms with Gasteiger partial charge in [-0.25, -0.2) is 13.8 Å². The van der Waals surface area contributed by atoms with Crippen LogP contribution in [0.4, 0.5) is 26.2 Å². The Morgan fingerprint density at radius 1 is 1.24 bits per heavy atom. The molecule has 2 radical (unpaired) electrons. The van der Waals surface area contributed by atoms with Crippen LogP contribution in [0.15, 0.2) is 41.3 Å². The molecule has 0 bridgehead atoms. The van der Waals surface area contributed by atoms with Crippen LogP contribution in [0.3, 0.4) is 0 Å². The second-order valence-electron chi connectivity index (χ2n) is 5.18. The van der Waals surface area contributed by atoms with Crippen LogP contribution in [-0.4, -0.2) is 19.7 Å². The molecular weight excluding hydrogens is 394 g/mol. The Balaban J connectivity index is 1.80. The average Bonchev–Trinajstić information content (AvgIpc) is 2.94. The molecule has 0 saturated carbocycles. The predicted molar refractivity (Wildman–Crippen MR) is 93.9 cm³/mol. The van der Waals surface area contributed by atoms with Crippen molar-refractivity contribution in [2.24, 2.45) is 7.05 Å². The van der Waals surface area contributed by atoms with E-state index in [0.29, 0.717) is 21.8 Å². The van der Waals surface area contributed by atoms with Crippen molar-refractivity contribution in [2.45, 2.75) is 0 Å². The lowest BCUT2D eigenvalue weighted by Crippen LogP contribution is -2.12. The van der Waals surface area contributed by atoms with E-state index in [4.69, 9.17) is 0 Å². The third-order valence-electron chi connectivity index (χ3n) is 3.19. The number of aromatic nitrogens is 4. The summed E-state index contributed by atoms with van der Waals surface area (Å²) < 4.78 is 29.6. The van der Waals surface area contributed by atoms with Crippen LogP contribution in [0.5, 0.6) is 0 Å². The molecule has 9 heteroatoms. The molecule has 2 N–H and O–H groups in total. The van der Waals surface area contributed by atoms with E-state index in [1.54, 1.807) is 30.2 Å². The predicted octanol–water partition coefficient (Wildman–Crippen LogP) is 3.82. The molecule has 6 nitrogen and oxygen atoms in total. The highest BCUT2D eigenvalue weighted by molar-refractivity contribution is 9.10. The summed E-state index contributed by atoms with van der Waals surface area (Å²) in [4.78, 5) is 7.96. The van der Waals surface area contributed by atoms with Gasteiger partial charge in [0.15, 0.2) is 11.6 Å². The Bertz CT molecular complexity index is 878. The second kappa shape index (κ2) is 7.14.